The molecule has 37 heavy (non-hydrogen) atoms. The third kappa shape index (κ3) is 4.18. The van der Waals surface area contributed by atoms with Crippen molar-refractivity contribution in [3.63, 3.8) is 0 Å². The number of amides is 1. The van der Waals surface area contributed by atoms with Gasteiger partial charge in [0.1, 0.15) is 0 Å². The predicted octanol–water partition coefficient (Wildman–Crippen LogP) is 5.99. The topological polar surface area (TPSA) is 62.7 Å². The minimum atomic E-state index is -0.981. The van der Waals surface area contributed by atoms with Gasteiger partial charge in [-0.2, -0.15) is 0 Å². The van der Waals surface area contributed by atoms with Crippen molar-refractivity contribution < 1.29 is 14.3 Å². The fourth-order valence-corrected chi connectivity index (χ4v) is 6.20. The largest absolute Gasteiger partial charge is 0.449 e. The summed E-state index contributed by atoms with van der Waals surface area (Å²) in [4.78, 5) is 38.4. The molecule has 2 aliphatic heterocycles. The maximum atomic E-state index is 13.9. The van der Waals surface area contributed by atoms with E-state index in [1.165, 1.54) is 0 Å². The van der Waals surface area contributed by atoms with Gasteiger partial charge in [0.25, 0.3) is 5.91 Å². The van der Waals surface area contributed by atoms with E-state index in [1.54, 1.807) is 23.6 Å². The molecule has 1 aromatic heterocycles. The van der Waals surface area contributed by atoms with E-state index in [4.69, 9.17) is 9.72 Å². The summed E-state index contributed by atoms with van der Waals surface area (Å²) in [6.45, 7) is 6.21. The lowest BCUT2D eigenvalue weighted by Gasteiger charge is -2.32. The Hall–Kier alpha value is -3.68. The first-order valence-electron chi connectivity index (χ1n) is 12.6. The SMILES string of the molecule is CCN1CCc2nc3ccccc3c(C(=O)OC(C)C(=O)N3c4ccccc4Sc4ccccc43)c2C1. The molecular weight excluding hydrogens is 482 g/mol. The molecule has 1 amide bonds. The summed E-state index contributed by atoms with van der Waals surface area (Å²) in [6, 6.07) is 23.3. The number of aromatic nitrogens is 1. The average molecular weight is 510 g/mol. The van der Waals surface area contributed by atoms with Crippen molar-refractivity contribution in [3.05, 3.63) is 89.6 Å². The van der Waals surface area contributed by atoms with Gasteiger partial charge in [-0.05, 0) is 43.8 Å². The van der Waals surface area contributed by atoms with Crippen molar-refractivity contribution in [1.82, 2.24) is 9.88 Å². The molecule has 1 atom stereocenters. The maximum absolute atomic E-state index is 13.9. The molecule has 0 N–H and O–H groups in total. The van der Waals surface area contributed by atoms with E-state index in [0.29, 0.717) is 12.1 Å². The number of carbonyl (C=O) groups excluding carboxylic acids is 2. The number of hydrogen-bond donors (Lipinski definition) is 0. The van der Waals surface area contributed by atoms with Crippen LogP contribution >= 0.6 is 11.8 Å². The number of carbonyl (C=O) groups is 2. The second-order valence-electron chi connectivity index (χ2n) is 9.31. The van der Waals surface area contributed by atoms with Crippen molar-refractivity contribution in [1.29, 1.82) is 0 Å². The van der Waals surface area contributed by atoms with Crippen LogP contribution in [0.3, 0.4) is 0 Å². The van der Waals surface area contributed by atoms with Crippen molar-refractivity contribution in [2.24, 2.45) is 0 Å². The number of para-hydroxylation sites is 3. The molecule has 2 aliphatic rings. The van der Waals surface area contributed by atoms with Crippen molar-refractivity contribution in [2.75, 3.05) is 18.0 Å². The van der Waals surface area contributed by atoms with Crippen LogP contribution < -0.4 is 4.90 Å². The van der Waals surface area contributed by atoms with Gasteiger partial charge in [-0.15, -0.1) is 0 Å². The highest BCUT2D eigenvalue weighted by Crippen LogP contribution is 2.48. The average Bonchev–Trinajstić information content (AvgIpc) is 2.93. The normalized spacial score (nSPS) is 15.5. The molecule has 0 aliphatic carbocycles. The molecule has 0 bridgehead atoms. The Kier molecular flexibility index (Phi) is 6.18. The number of fused-ring (bicyclic) bond motifs is 4. The lowest BCUT2D eigenvalue weighted by atomic mass is 9.95. The number of nitrogens with zero attached hydrogens (tertiary/aromatic N) is 3. The lowest BCUT2D eigenvalue weighted by molar-refractivity contribution is -0.125. The summed E-state index contributed by atoms with van der Waals surface area (Å²) >= 11 is 1.63. The predicted molar refractivity (Wildman–Crippen MR) is 145 cm³/mol. The first kappa shape index (κ1) is 23.7. The van der Waals surface area contributed by atoms with Crippen molar-refractivity contribution in [2.45, 2.75) is 42.7 Å². The molecule has 0 saturated heterocycles. The number of benzene rings is 3. The molecule has 0 saturated carbocycles. The first-order chi connectivity index (χ1) is 18.0. The van der Waals surface area contributed by atoms with E-state index < -0.39 is 12.1 Å². The van der Waals surface area contributed by atoms with Gasteiger partial charge in [-0.3, -0.25) is 19.6 Å². The molecule has 0 spiro atoms. The lowest BCUT2D eigenvalue weighted by Crippen LogP contribution is -2.39. The summed E-state index contributed by atoms with van der Waals surface area (Å²) in [7, 11) is 0. The first-order valence-corrected chi connectivity index (χ1v) is 13.4. The van der Waals surface area contributed by atoms with Crippen molar-refractivity contribution in [3.8, 4) is 0 Å². The molecule has 4 aromatic rings. The maximum Gasteiger partial charge on any atom is 0.339 e. The summed E-state index contributed by atoms with van der Waals surface area (Å²) in [5, 5.41) is 0.758. The standard InChI is InChI=1S/C30H27N3O3S/c1-3-32-17-16-23-21(18-32)28(20-10-4-5-11-22(20)31-23)30(35)36-19(2)29(34)33-24-12-6-8-14-26(24)37-27-15-9-7-13-25(27)33/h4-15,19H,3,16-18H2,1-2H3. The molecule has 1 unspecified atom stereocenters. The summed E-state index contributed by atoms with van der Waals surface area (Å²) in [5.74, 6) is -0.766. The molecule has 186 valence electrons. The number of hydrogen-bond acceptors (Lipinski definition) is 6. The molecule has 0 fully saturated rings. The van der Waals surface area contributed by atoms with Crippen LogP contribution in [0.4, 0.5) is 11.4 Å². The second kappa shape index (κ2) is 9.65. The van der Waals surface area contributed by atoms with E-state index in [9.17, 15) is 9.59 Å². The smallest absolute Gasteiger partial charge is 0.339 e. The Labute approximate surface area is 220 Å². The fraction of sp³-hybridized carbons (Fsp3) is 0.233. The third-order valence-corrected chi connectivity index (χ3v) is 8.19. The number of likely N-dealkylation sites (N-methyl/N-ethyl adjacent to an activating group) is 1. The van der Waals surface area contributed by atoms with E-state index >= 15 is 0 Å². The van der Waals surface area contributed by atoms with Crippen molar-refractivity contribution >= 4 is 45.9 Å². The number of anilines is 2. The van der Waals surface area contributed by atoms with Crippen LogP contribution in [0.25, 0.3) is 10.9 Å². The van der Waals surface area contributed by atoms with Crippen LogP contribution in [0.5, 0.6) is 0 Å². The van der Waals surface area contributed by atoms with Crippen LogP contribution in [0, 0.1) is 0 Å². The van der Waals surface area contributed by atoms with Crippen LogP contribution in [0.15, 0.2) is 82.6 Å². The highest BCUT2D eigenvalue weighted by atomic mass is 32.2. The molecule has 3 heterocycles. The third-order valence-electron chi connectivity index (χ3n) is 7.06. The molecule has 7 heteroatoms. The zero-order valence-corrected chi connectivity index (χ0v) is 21.6. The highest BCUT2D eigenvalue weighted by Gasteiger charge is 2.34. The highest BCUT2D eigenvalue weighted by molar-refractivity contribution is 7.99. The zero-order chi connectivity index (χ0) is 25.5. The van der Waals surface area contributed by atoms with Gasteiger partial charge in [0.2, 0.25) is 0 Å². The Bertz CT molecular complexity index is 1490. The quantitative estimate of drug-likeness (QED) is 0.315. The van der Waals surface area contributed by atoms with Crippen LogP contribution in [-0.4, -0.2) is 41.0 Å². The van der Waals surface area contributed by atoms with Gasteiger partial charge in [0, 0.05) is 45.9 Å². The van der Waals surface area contributed by atoms with E-state index in [0.717, 1.165) is 62.8 Å². The van der Waals surface area contributed by atoms with Gasteiger partial charge >= 0.3 is 5.97 Å². The molecule has 0 radical (unpaired) electrons. The van der Waals surface area contributed by atoms with E-state index in [2.05, 4.69) is 11.8 Å². The fourth-order valence-electron chi connectivity index (χ4n) is 5.14. The van der Waals surface area contributed by atoms with Gasteiger partial charge in [-0.1, -0.05) is 61.2 Å². The molecule has 6 rings (SSSR count). The Morgan fingerprint density at radius 2 is 1.62 bits per heavy atom. The monoisotopic (exact) mass is 509 g/mol. The number of pyridine rings is 1. The van der Waals surface area contributed by atoms with Crippen LogP contribution in [0.2, 0.25) is 0 Å². The van der Waals surface area contributed by atoms with Gasteiger partial charge in [0.05, 0.1) is 22.5 Å². The summed E-state index contributed by atoms with van der Waals surface area (Å²) < 4.78 is 5.94. The minimum Gasteiger partial charge on any atom is -0.449 e. The molecular formula is C30H27N3O3S. The van der Waals surface area contributed by atoms with Gasteiger partial charge < -0.3 is 4.74 Å². The Morgan fingerprint density at radius 1 is 0.973 bits per heavy atom. The van der Waals surface area contributed by atoms with Crippen LogP contribution in [0.1, 0.15) is 35.5 Å². The Morgan fingerprint density at radius 3 is 2.32 bits per heavy atom. The summed E-state index contributed by atoms with van der Waals surface area (Å²) in [5.41, 5.74) is 4.72. The van der Waals surface area contributed by atoms with E-state index in [-0.39, 0.29) is 5.91 Å². The Balaban J connectivity index is 1.36. The minimum absolute atomic E-state index is 0.282. The zero-order valence-electron chi connectivity index (χ0n) is 20.8. The van der Waals surface area contributed by atoms with Crippen LogP contribution in [-0.2, 0) is 22.5 Å². The second-order valence-corrected chi connectivity index (χ2v) is 10.4. The summed E-state index contributed by atoms with van der Waals surface area (Å²) in [6.07, 6.45) is -0.202. The molecule has 6 nitrogen and oxygen atoms in total. The van der Waals surface area contributed by atoms with Gasteiger partial charge in [0.15, 0.2) is 6.10 Å². The number of esters is 1. The molecule has 3 aromatic carbocycles. The van der Waals surface area contributed by atoms with E-state index in [1.807, 2.05) is 72.8 Å². The van der Waals surface area contributed by atoms with Gasteiger partial charge in [-0.25, -0.2) is 4.79 Å². The number of rotatable bonds is 4. The number of ether oxygens (including phenoxy) is 1.